The fraction of sp³-hybridized carbons (Fsp3) is 0.744. The Bertz CT molecular complexity index is 1670. The number of aliphatic imine (C=N–C) groups is 1. The van der Waals surface area contributed by atoms with E-state index in [0.29, 0.717) is 50.0 Å². The number of phosphoric ester groups is 1. The number of aliphatic hydroxyl groups excluding tert-OH is 1. The third-order valence-corrected chi connectivity index (χ3v) is 14.9. The van der Waals surface area contributed by atoms with Crippen molar-refractivity contribution < 1.29 is 52.2 Å². The molecular weight excluding hydrogens is 703 g/mol. The summed E-state index contributed by atoms with van der Waals surface area (Å²) in [7, 11) is -4.74. The number of nitrogens with one attached hydrogen (secondary N) is 1. The molecule has 0 aromatic carbocycles. The average Bonchev–Trinajstić information content (AvgIpc) is 3.48. The maximum absolute atomic E-state index is 14.5. The molecule has 0 bridgehead atoms. The van der Waals surface area contributed by atoms with E-state index in [4.69, 9.17) is 28.3 Å². The van der Waals surface area contributed by atoms with Gasteiger partial charge in [0.25, 0.3) is 0 Å². The summed E-state index contributed by atoms with van der Waals surface area (Å²) in [5, 5.41) is 14.7. The van der Waals surface area contributed by atoms with Crippen molar-refractivity contribution in [1.29, 1.82) is 0 Å². The Balaban J connectivity index is 0.991. The minimum atomic E-state index is -4.74. The maximum atomic E-state index is 14.5. The van der Waals surface area contributed by atoms with Crippen molar-refractivity contribution in [2.45, 2.75) is 115 Å². The highest BCUT2D eigenvalue weighted by Gasteiger charge is 2.79. The minimum Gasteiger partial charge on any atom is -0.449 e. The van der Waals surface area contributed by atoms with Crippen molar-refractivity contribution in [2.24, 2.45) is 45.4 Å². The van der Waals surface area contributed by atoms with Gasteiger partial charge in [-0.2, -0.15) is 0 Å². The van der Waals surface area contributed by atoms with Crippen LogP contribution in [-0.2, 0) is 37.4 Å². The fourth-order valence-corrected chi connectivity index (χ4v) is 12.1. The van der Waals surface area contributed by atoms with E-state index < -0.39 is 66.8 Å². The van der Waals surface area contributed by atoms with E-state index in [2.05, 4.69) is 23.9 Å². The molecular formula is C39H53N2O11P. The van der Waals surface area contributed by atoms with Crippen LogP contribution in [-0.4, -0.2) is 90.4 Å². The smallest absolute Gasteiger partial charge is 0.449 e. The van der Waals surface area contributed by atoms with Crippen LogP contribution in [0, 0.1) is 52.3 Å². The van der Waals surface area contributed by atoms with E-state index in [-0.39, 0.29) is 37.2 Å². The molecule has 53 heavy (non-hydrogen) atoms. The summed E-state index contributed by atoms with van der Waals surface area (Å²) >= 11 is 0. The molecule has 0 aromatic rings. The molecule has 1 aliphatic heterocycles. The van der Waals surface area contributed by atoms with Gasteiger partial charge in [-0.25, -0.2) is 9.36 Å². The van der Waals surface area contributed by atoms with Gasteiger partial charge in [-0.1, -0.05) is 31.9 Å². The molecule has 7 rings (SSSR count). The largest absolute Gasteiger partial charge is 0.472 e. The lowest BCUT2D eigenvalue weighted by Gasteiger charge is -2.64. The molecule has 0 spiro atoms. The van der Waals surface area contributed by atoms with Gasteiger partial charge in [0.1, 0.15) is 12.1 Å². The number of alkyl carbamates (subject to hydrolysis) is 1. The molecule has 14 heteroatoms. The van der Waals surface area contributed by atoms with E-state index in [9.17, 15) is 28.9 Å². The molecule has 0 aromatic heterocycles. The van der Waals surface area contributed by atoms with Crippen LogP contribution >= 0.6 is 7.82 Å². The first-order chi connectivity index (χ1) is 25.3. The lowest BCUT2D eigenvalue weighted by atomic mass is 9.42. The number of carbonyl (C=O) groups is 3. The summed E-state index contributed by atoms with van der Waals surface area (Å²) in [6.07, 6.45) is 8.82. The number of phosphoric acid groups is 1. The first-order valence-electron chi connectivity index (χ1n) is 19.2. The quantitative estimate of drug-likeness (QED) is 0.101. The van der Waals surface area contributed by atoms with E-state index in [1.165, 1.54) is 6.08 Å². The number of Topliss-reactive ketones (excluding diaryl/α,β-unsaturated/α-hetero) is 1. The van der Waals surface area contributed by atoms with Gasteiger partial charge < -0.3 is 29.5 Å². The second-order valence-electron chi connectivity index (χ2n) is 16.4. The van der Waals surface area contributed by atoms with Gasteiger partial charge in [0.2, 0.25) is 0 Å². The third kappa shape index (κ3) is 6.30. The van der Waals surface area contributed by atoms with Gasteiger partial charge in [-0.15, -0.1) is 11.8 Å². The molecule has 4 unspecified atom stereocenters. The topological polar surface area (TPSA) is 179 Å². The zero-order valence-corrected chi connectivity index (χ0v) is 31.8. The molecule has 1 heterocycles. The number of nitrogens with zero attached hydrogens (tertiary/aromatic N) is 1. The van der Waals surface area contributed by atoms with E-state index in [0.717, 1.165) is 37.7 Å². The Hall–Kier alpha value is -2.69. The van der Waals surface area contributed by atoms with E-state index >= 15 is 0 Å². The molecule has 4 saturated carbocycles. The highest BCUT2D eigenvalue weighted by molar-refractivity contribution is 7.47. The average molecular weight is 757 g/mol. The fourth-order valence-electron chi connectivity index (χ4n) is 11.4. The molecule has 1 amide bonds. The third-order valence-electron chi connectivity index (χ3n) is 14.0. The van der Waals surface area contributed by atoms with Crippen molar-refractivity contribution in [2.75, 3.05) is 26.4 Å². The molecule has 13 nitrogen and oxygen atoms in total. The number of hydrogen-bond donors (Lipinski definition) is 3. The van der Waals surface area contributed by atoms with Crippen LogP contribution in [0.5, 0.6) is 0 Å². The molecule has 3 N–H and O–H groups in total. The predicted octanol–water partition coefficient (Wildman–Crippen LogP) is 4.85. The van der Waals surface area contributed by atoms with Crippen LogP contribution in [0.25, 0.3) is 0 Å². The maximum Gasteiger partial charge on any atom is 0.472 e. The van der Waals surface area contributed by atoms with Gasteiger partial charge in [-0.3, -0.25) is 23.6 Å². The van der Waals surface area contributed by atoms with Crippen LogP contribution in [0.2, 0.25) is 0 Å². The minimum absolute atomic E-state index is 0.0963. The number of fused-ring (bicyclic) bond motifs is 8. The summed E-state index contributed by atoms with van der Waals surface area (Å²) in [6, 6.07) is 0. The number of carbonyl (C=O) groups excluding carboxylic acids is 3. The Morgan fingerprint density at radius 2 is 1.89 bits per heavy atom. The first kappa shape index (κ1) is 38.6. The van der Waals surface area contributed by atoms with Crippen LogP contribution in [0.15, 0.2) is 28.8 Å². The highest BCUT2D eigenvalue weighted by atomic mass is 31.2. The second-order valence-corrected chi connectivity index (χ2v) is 17.8. The lowest BCUT2D eigenvalue weighted by Crippen LogP contribution is -2.70. The number of aliphatic hydroxyl groups is 1. The van der Waals surface area contributed by atoms with Crippen molar-refractivity contribution in [3.8, 4) is 11.8 Å². The Morgan fingerprint density at radius 3 is 2.58 bits per heavy atom. The molecule has 5 fully saturated rings. The van der Waals surface area contributed by atoms with Crippen LogP contribution in [0.4, 0.5) is 4.79 Å². The summed E-state index contributed by atoms with van der Waals surface area (Å²) < 4.78 is 41.8. The Kier molecular flexibility index (Phi) is 10.5. The number of hydrogen-bond acceptors (Lipinski definition) is 11. The molecule has 0 radical (unpaired) electrons. The highest BCUT2D eigenvalue weighted by Crippen LogP contribution is 2.72. The number of ketones is 2. The van der Waals surface area contributed by atoms with Crippen LogP contribution in [0.3, 0.4) is 0 Å². The summed E-state index contributed by atoms with van der Waals surface area (Å²) in [6.45, 7) is 8.97. The number of rotatable bonds is 13. The van der Waals surface area contributed by atoms with Gasteiger partial charge in [0.15, 0.2) is 23.5 Å². The molecule has 6 aliphatic carbocycles. The van der Waals surface area contributed by atoms with E-state index in [1.54, 1.807) is 6.08 Å². The Morgan fingerprint density at radius 1 is 1.15 bits per heavy atom. The SMILES string of the molecule is C=N[C@]12[C@@H](O)C[C@@]3(C)[C@@H](C[C@H]4OC(CCC)O[C@]43C(=O)COP(=O)(O)OCCNC(=O)OCC3C4CCC#CCCC43)[C@@H]1CCC1=CC(=O)C=C[C@@]12C. The molecule has 290 valence electrons. The Labute approximate surface area is 311 Å². The lowest BCUT2D eigenvalue weighted by molar-refractivity contribution is -0.204. The van der Waals surface area contributed by atoms with Gasteiger partial charge >= 0.3 is 13.9 Å². The predicted molar refractivity (Wildman–Crippen MR) is 192 cm³/mol. The van der Waals surface area contributed by atoms with E-state index in [1.807, 2.05) is 26.8 Å². The monoisotopic (exact) mass is 756 g/mol. The first-order valence-corrected chi connectivity index (χ1v) is 20.7. The molecule has 7 aliphatic rings. The normalized spacial score (nSPS) is 43.1. The van der Waals surface area contributed by atoms with Crippen molar-refractivity contribution >= 4 is 32.2 Å². The standard InChI is InChI=1S/C39H53N2O11P/c1-5-10-34-51-33-20-30-29-14-13-24-19-25(42)15-16-36(24,2)38(29,40-4)31(43)21-37(30,3)39(33,52-34)32(44)23-50-53(46,47)49-18-17-41-35(45)48-22-28-26-11-8-6-7-9-12-27(26)28/h15-16,19,26-31,33-34,43H,4-5,8-14,17-18,20-23H2,1-3H3,(H,41,45)(H,46,47)/t26?,27?,28?,29-,30-,31-,33+,34?,36-,37-,38-,39+/m0/s1. The van der Waals surface area contributed by atoms with Crippen LogP contribution in [0.1, 0.15) is 85.0 Å². The van der Waals surface area contributed by atoms with Crippen molar-refractivity contribution in [1.82, 2.24) is 5.32 Å². The second kappa shape index (κ2) is 14.4. The number of allylic oxidation sites excluding steroid dienone is 2. The molecule has 12 atom stereocenters. The van der Waals surface area contributed by atoms with Crippen LogP contribution < -0.4 is 5.32 Å². The van der Waals surface area contributed by atoms with Gasteiger partial charge in [0.05, 0.1) is 25.4 Å². The number of amides is 1. The van der Waals surface area contributed by atoms with Gasteiger partial charge in [0, 0.05) is 30.2 Å². The van der Waals surface area contributed by atoms with Crippen molar-refractivity contribution in [3.63, 3.8) is 0 Å². The summed E-state index contributed by atoms with van der Waals surface area (Å²) in [5.41, 5.74) is -3.43. The summed E-state index contributed by atoms with van der Waals surface area (Å²) in [5.74, 6) is 6.64. The van der Waals surface area contributed by atoms with Crippen molar-refractivity contribution in [3.05, 3.63) is 23.8 Å². The molecule has 1 saturated heterocycles. The van der Waals surface area contributed by atoms with Gasteiger partial charge in [-0.05, 0) is 100 Å². The number of ether oxygens (including phenoxy) is 3. The zero-order chi connectivity index (χ0) is 37.8. The summed E-state index contributed by atoms with van der Waals surface area (Å²) in [4.78, 5) is 54.4. The zero-order valence-electron chi connectivity index (χ0n) is 30.9.